The molecule has 0 unspecified atom stereocenters. The number of anilines is 1. The van der Waals surface area contributed by atoms with E-state index in [1.165, 1.54) is 0 Å². The third-order valence-corrected chi connectivity index (χ3v) is 3.62. The molecule has 0 fully saturated rings. The van der Waals surface area contributed by atoms with Gasteiger partial charge in [0.1, 0.15) is 17.2 Å². The minimum Gasteiger partial charge on any atom is -0.383 e. The van der Waals surface area contributed by atoms with Crippen LogP contribution >= 0.6 is 22.6 Å². The first-order chi connectivity index (χ1) is 7.32. The molecule has 0 aliphatic heterocycles. The van der Waals surface area contributed by atoms with Gasteiger partial charge in [0, 0.05) is 12.5 Å². The summed E-state index contributed by atoms with van der Waals surface area (Å²) >= 11 is 2.22. The van der Waals surface area contributed by atoms with E-state index in [2.05, 4.69) is 57.9 Å². The number of nitrogens with two attached hydrogens (primary N) is 1. The molecule has 0 amide bonds. The van der Waals surface area contributed by atoms with Gasteiger partial charge in [-0.1, -0.05) is 20.8 Å². The highest BCUT2D eigenvalue weighted by atomic mass is 127. The van der Waals surface area contributed by atoms with Crippen molar-refractivity contribution in [1.29, 1.82) is 0 Å². The van der Waals surface area contributed by atoms with Gasteiger partial charge in [0.25, 0.3) is 0 Å². The number of rotatable bonds is 0. The molecule has 2 aromatic heterocycles. The molecule has 0 aliphatic rings. The average molecular weight is 330 g/mol. The molecule has 16 heavy (non-hydrogen) atoms. The highest BCUT2D eigenvalue weighted by Crippen LogP contribution is 2.29. The van der Waals surface area contributed by atoms with Gasteiger partial charge in [0.05, 0.1) is 15.3 Å². The smallest absolute Gasteiger partial charge is 0.139 e. The summed E-state index contributed by atoms with van der Waals surface area (Å²) in [5, 5.41) is 0. The summed E-state index contributed by atoms with van der Waals surface area (Å²) in [6, 6.07) is 0. The van der Waals surface area contributed by atoms with Crippen LogP contribution in [0.3, 0.4) is 0 Å². The van der Waals surface area contributed by atoms with Crippen LogP contribution < -0.4 is 5.73 Å². The van der Waals surface area contributed by atoms with E-state index in [-0.39, 0.29) is 5.41 Å². The number of nitrogens with zero attached hydrogens (tertiary/aromatic N) is 3. The zero-order chi connectivity index (χ0) is 12.1. The highest BCUT2D eigenvalue weighted by molar-refractivity contribution is 14.1. The van der Waals surface area contributed by atoms with Crippen LogP contribution in [0.1, 0.15) is 26.6 Å². The normalized spacial score (nSPS) is 12.3. The molecule has 0 saturated carbocycles. The summed E-state index contributed by atoms with van der Waals surface area (Å²) in [5.41, 5.74) is 7.81. The van der Waals surface area contributed by atoms with Crippen LogP contribution in [0.15, 0.2) is 6.20 Å². The first kappa shape index (κ1) is 11.6. The Morgan fingerprint density at radius 2 is 2.00 bits per heavy atom. The molecule has 2 heterocycles. The Morgan fingerprint density at radius 1 is 1.38 bits per heavy atom. The molecular formula is C11H15IN4. The number of imidazole rings is 1. The van der Waals surface area contributed by atoms with Crippen molar-refractivity contribution in [2.75, 3.05) is 5.73 Å². The molecule has 5 heteroatoms. The maximum Gasteiger partial charge on any atom is 0.139 e. The van der Waals surface area contributed by atoms with Gasteiger partial charge in [-0.15, -0.1) is 0 Å². The molecule has 2 N–H and O–H groups in total. The van der Waals surface area contributed by atoms with E-state index in [0.29, 0.717) is 5.82 Å². The Hall–Kier alpha value is -0.850. The van der Waals surface area contributed by atoms with Gasteiger partial charge < -0.3 is 10.3 Å². The van der Waals surface area contributed by atoms with Crippen LogP contribution in [-0.4, -0.2) is 14.5 Å². The summed E-state index contributed by atoms with van der Waals surface area (Å²) in [5.74, 6) is 1.62. The highest BCUT2D eigenvalue weighted by Gasteiger charge is 2.22. The fourth-order valence-electron chi connectivity index (χ4n) is 1.85. The van der Waals surface area contributed by atoms with Gasteiger partial charge in [-0.2, -0.15) is 0 Å². The van der Waals surface area contributed by atoms with Crippen molar-refractivity contribution in [1.82, 2.24) is 14.5 Å². The number of hydrogen-bond donors (Lipinski definition) is 1. The number of halogens is 1. The molecule has 4 nitrogen and oxygen atoms in total. The number of hydrogen-bond acceptors (Lipinski definition) is 3. The Kier molecular flexibility index (Phi) is 2.60. The van der Waals surface area contributed by atoms with Gasteiger partial charge in [-0.25, -0.2) is 9.97 Å². The van der Waals surface area contributed by atoms with E-state index in [0.717, 1.165) is 20.4 Å². The lowest BCUT2D eigenvalue weighted by Crippen LogP contribution is -2.17. The molecule has 2 rings (SSSR count). The van der Waals surface area contributed by atoms with Crippen LogP contribution in [0.4, 0.5) is 5.82 Å². The van der Waals surface area contributed by atoms with E-state index in [9.17, 15) is 0 Å². The molecule has 0 radical (unpaired) electrons. The molecule has 86 valence electrons. The lowest BCUT2D eigenvalue weighted by molar-refractivity contribution is 0.526. The summed E-state index contributed by atoms with van der Waals surface area (Å²) in [7, 11) is 2.03. The largest absolute Gasteiger partial charge is 0.383 e. The van der Waals surface area contributed by atoms with E-state index in [1.54, 1.807) is 6.20 Å². The quantitative estimate of drug-likeness (QED) is 0.755. The zero-order valence-corrected chi connectivity index (χ0v) is 12.0. The molecule has 2 aromatic rings. The van der Waals surface area contributed by atoms with Gasteiger partial charge in [-0.05, 0) is 22.6 Å². The van der Waals surface area contributed by atoms with Crippen molar-refractivity contribution in [3.8, 4) is 0 Å². The van der Waals surface area contributed by atoms with Gasteiger partial charge >= 0.3 is 0 Å². The number of nitrogen functional groups attached to an aromatic ring is 1. The maximum atomic E-state index is 5.81. The molecule has 0 aliphatic carbocycles. The fourth-order valence-corrected chi connectivity index (χ4v) is 2.63. The number of aromatic nitrogens is 3. The molecule has 0 spiro atoms. The monoisotopic (exact) mass is 330 g/mol. The second-order valence-corrected chi connectivity index (χ2v) is 6.01. The van der Waals surface area contributed by atoms with Gasteiger partial charge in [0.15, 0.2) is 0 Å². The van der Waals surface area contributed by atoms with Crippen LogP contribution in [-0.2, 0) is 12.5 Å². The van der Waals surface area contributed by atoms with Gasteiger partial charge in [-0.3, -0.25) is 0 Å². The predicted molar refractivity (Wildman–Crippen MR) is 74.3 cm³/mol. The topological polar surface area (TPSA) is 56.7 Å². The second kappa shape index (κ2) is 3.58. The summed E-state index contributed by atoms with van der Waals surface area (Å²) < 4.78 is 3.08. The molecule has 0 aromatic carbocycles. The minimum atomic E-state index is 0.0195. The van der Waals surface area contributed by atoms with E-state index in [4.69, 9.17) is 5.73 Å². The van der Waals surface area contributed by atoms with Crippen molar-refractivity contribution in [3.63, 3.8) is 0 Å². The lowest BCUT2D eigenvalue weighted by Gasteiger charge is -2.17. The predicted octanol–water partition coefficient (Wildman–Crippen LogP) is 2.45. The van der Waals surface area contributed by atoms with Crippen molar-refractivity contribution >= 4 is 39.4 Å². The minimum absolute atomic E-state index is 0.0195. The van der Waals surface area contributed by atoms with Crippen molar-refractivity contribution in [2.45, 2.75) is 26.2 Å². The summed E-state index contributed by atoms with van der Waals surface area (Å²) in [6.45, 7) is 6.45. The molecule has 0 atom stereocenters. The lowest BCUT2D eigenvalue weighted by atomic mass is 9.96. The van der Waals surface area contributed by atoms with E-state index in [1.807, 2.05) is 7.05 Å². The molecule has 0 saturated heterocycles. The van der Waals surface area contributed by atoms with Crippen LogP contribution in [0, 0.1) is 3.57 Å². The fraction of sp³-hybridized carbons (Fsp3) is 0.455. The number of aryl methyl sites for hydroxylation is 1. The van der Waals surface area contributed by atoms with Crippen LogP contribution in [0.2, 0.25) is 0 Å². The van der Waals surface area contributed by atoms with E-state index < -0.39 is 0 Å². The third kappa shape index (κ3) is 1.66. The Bertz CT molecular complexity index is 551. The third-order valence-electron chi connectivity index (χ3n) is 2.55. The first-order valence-corrected chi connectivity index (χ1v) is 6.17. The summed E-state index contributed by atoms with van der Waals surface area (Å²) in [4.78, 5) is 8.76. The van der Waals surface area contributed by atoms with E-state index >= 15 is 0 Å². The Labute approximate surface area is 108 Å². The average Bonchev–Trinajstić information content (AvgIpc) is 2.50. The zero-order valence-electron chi connectivity index (χ0n) is 9.87. The van der Waals surface area contributed by atoms with Gasteiger partial charge in [0.2, 0.25) is 0 Å². The first-order valence-electron chi connectivity index (χ1n) is 5.09. The molecular weight excluding hydrogens is 315 g/mol. The Balaban J connectivity index is 2.85. The summed E-state index contributed by atoms with van der Waals surface area (Å²) in [6.07, 6.45) is 1.74. The maximum absolute atomic E-state index is 5.81. The number of pyridine rings is 1. The Morgan fingerprint density at radius 3 is 2.56 bits per heavy atom. The molecule has 0 bridgehead atoms. The van der Waals surface area contributed by atoms with Crippen molar-refractivity contribution < 1.29 is 0 Å². The van der Waals surface area contributed by atoms with Crippen molar-refractivity contribution in [3.05, 3.63) is 15.6 Å². The second-order valence-electron chi connectivity index (χ2n) is 4.94. The number of fused-ring (bicyclic) bond motifs is 1. The van der Waals surface area contributed by atoms with Crippen molar-refractivity contribution in [2.24, 2.45) is 7.05 Å². The SMILES string of the molecule is Cn1c(C(C)(C)C)nc2cnc(N)c(I)c21. The van der Waals surface area contributed by atoms with Crippen LogP contribution in [0.5, 0.6) is 0 Å². The standard InChI is InChI=1S/C11H15IN4/c1-11(2,3)10-15-6-5-14-9(13)7(12)8(6)16(10)4/h5H,1-4H3,(H2,13,14). The van der Waals surface area contributed by atoms with Crippen LogP contribution in [0.25, 0.3) is 11.0 Å².